The van der Waals surface area contributed by atoms with Crippen LogP contribution in [0, 0.1) is 0 Å². The third kappa shape index (κ3) is 3.79. The van der Waals surface area contributed by atoms with Crippen LogP contribution in [0.5, 0.6) is 0 Å². The van der Waals surface area contributed by atoms with Gasteiger partial charge in [0.15, 0.2) is 0 Å². The molecule has 0 aliphatic carbocycles. The van der Waals surface area contributed by atoms with Crippen LogP contribution in [0.2, 0.25) is 0 Å². The van der Waals surface area contributed by atoms with Gasteiger partial charge in [-0.2, -0.15) is 0 Å². The van der Waals surface area contributed by atoms with Crippen molar-refractivity contribution in [2.45, 2.75) is 25.4 Å². The van der Waals surface area contributed by atoms with E-state index in [0.717, 1.165) is 18.7 Å². The highest BCUT2D eigenvalue weighted by atomic mass is 16.5. The minimum atomic E-state index is -0.255. The Kier molecular flexibility index (Phi) is 4.75. The number of benzene rings is 1. The number of morpholine rings is 1. The molecule has 1 amide bonds. The van der Waals surface area contributed by atoms with Crippen LogP contribution in [0.3, 0.4) is 0 Å². The molecule has 0 aromatic heterocycles. The minimum absolute atomic E-state index is 0.152. The number of rotatable bonds is 4. The summed E-state index contributed by atoms with van der Waals surface area (Å²) in [6, 6.07) is 9.75. The summed E-state index contributed by atoms with van der Waals surface area (Å²) in [6.45, 7) is 7.14. The van der Waals surface area contributed by atoms with E-state index in [1.807, 2.05) is 30.3 Å². The van der Waals surface area contributed by atoms with Gasteiger partial charge in [-0.25, -0.2) is 5.84 Å². The molecule has 0 bridgehead atoms. The van der Waals surface area contributed by atoms with Crippen molar-refractivity contribution >= 4 is 5.91 Å². The highest BCUT2D eigenvalue weighted by molar-refractivity contribution is 5.83. The van der Waals surface area contributed by atoms with Crippen molar-refractivity contribution in [1.29, 1.82) is 0 Å². The number of amides is 1. The molecule has 1 unspecified atom stereocenters. The molecule has 1 atom stereocenters. The van der Waals surface area contributed by atoms with Gasteiger partial charge in [0.25, 0.3) is 0 Å². The van der Waals surface area contributed by atoms with Gasteiger partial charge in [-0.15, -0.1) is 0 Å². The summed E-state index contributed by atoms with van der Waals surface area (Å²) in [5, 5.41) is 0. The predicted octanol–water partition coefficient (Wildman–Crippen LogP) is 0.871. The first-order valence-corrected chi connectivity index (χ1v) is 6.93. The Morgan fingerprint density at radius 2 is 2.15 bits per heavy atom. The van der Waals surface area contributed by atoms with Crippen LogP contribution >= 0.6 is 0 Å². The molecule has 5 nitrogen and oxygen atoms in total. The van der Waals surface area contributed by atoms with Crippen molar-refractivity contribution in [3.63, 3.8) is 0 Å². The first kappa shape index (κ1) is 15.0. The third-order valence-corrected chi connectivity index (χ3v) is 3.61. The molecule has 0 radical (unpaired) electrons. The number of carbonyl (C=O) groups is 1. The third-order valence-electron chi connectivity index (χ3n) is 3.61. The van der Waals surface area contributed by atoms with Gasteiger partial charge in [0.1, 0.15) is 0 Å². The van der Waals surface area contributed by atoms with E-state index in [1.54, 1.807) is 0 Å². The van der Waals surface area contributed by atoms with E-state index < -0.39 is 0 Å². The molecule has 1 heterocycles. The zero-order chi connectivity index (χ0) is 14.6. The summed E-state index contributed by atoms with van der Waals surface area (Å²) < 4.78 is 5.70. The molecule has 2 rings (SSSR count). The van der Waals surface area contributed by atoms with Gasteiger partial charge in [-0.3, -0.25) is 15.1 Å². The molecular formula is C15H23N3O2. The SMILES string of the molecule is CC1(C)CN(CC(C(=O)NN)c2ccccc2)CCO1. The van der Waals surface area contributed by atoms with Crippen molar-refractivity contribution in [3.05, 3.63) is 35.9 Å². The summed E-state index contributed by atoms with van der Waals surface area (Å²) in [6.07, 6.45) is 0. The number of ether oxygens (including phenoxy) is 1. The van der Waals surface area contributed by atoms with Gasteiger partial charge in [0.2, 0.25) is 5.91 Å². The zero-order valence-electron chi connectivity index (χ0n) is 12.1. The van der Waals surface area contributed by atoms with Gasteiger partial charge in [0, 0.05) is 19.6 Å². The quantitative estimate of drug-likeness (QED) is 0.487. The topological polar surface area (TPSA) is 67.6 Å². The monoisotopic (exact) mass is 277 g/mol. The molecule has 0 spiro atoms. The summed E-state index contributed by atoms with van der Waals surface area (Å²) >= 11 is 0. The second-order valence-electron chi connectivity index (χ2n) is 5.82. The summed E-state index contributed by atoms with van der Waals surface area (Å²) in [5.74, 6) is 4.92. The molecular weight excluding hydrogens is 254 g/mol. The molecule has 1 fully saturated rings. The van der Waals surface area contributed by atoms with Crippen molar-refractivity contribution in [2.24, 2.45) is 5.84 Å². The maximum atomic E-state index is 12.1. The molecule has 1 aliphatic heterocycles. The molecule has 0 saturated carbocycles. The lowest BCUT2D eigenvalue weighted by Gasteiger charge is -2.39. The minimum Gasteiger partial charge on any atom is -0.373 e. The standard InChI is InChI=1S/C15H23N3O2/c1-15(2)11-18(8-9-20-15)10-13(14(19)17-16)12-6-4-3-5-7-12/h3-7,13H,8-11,16H2,1-2H3,(H,17,19). The van der Waals surface area contributed by atoms with Crippen LogP contribution in [-0.2, 0) is 9.53 Å². The van der Waals surface area contributed by atoms with Crippen LogP contribution in [0.4, 0.5) is 0 Å². The number of carbonyl (C=O) groups excluding carboxylic acids is 1. The smallest absolute Gasteiger partial charge is 0.242 e. The maximum absolute atomic E-state index is 12.1. The molecule has 20 heavy (non-hydrogen) atoms. The fourth-order valence-electron chi connectivity index (χ4n) is 2.65. The summed E-state index contributed by atoms with van der Waals surface area (Å²) in [5.41, 5.74) is 3.09. The number of nitrogens with two attached hydrogens (primary N) is 1. The Labute approximate surface area is 120 Å². The Morgan fingerprint density at radius 3 is 2.75 bits per heavy atom. The zero-order valence-corrected chi connectivity index (χ0v) is 12.1. The fourth-order valence-corrected chi connectivity index (χ4v) is 2.65. The normalized spacial score (nSPS) is 20.4. The van der Waals surface area contributed by atoms with Crippen molar-refractivity contribution in [3.8, 4) is 0 Å². The van der Waals surface area contributed by atoms with Gasteiger partial charge in [0.05, 0.1) is 18.1 Å². The van der Waals surface area contributed by atoms with Gasteiger partial charge < -0.3 is 4.74 Å². The lowest BCUT2D eigenvalue weighted by atomic mass is 9.96. The second kappa shape index (κ2) is 6.35. The summed E-state index contributed by atoms with van der Waals surface area (Å²) in [4.78, 5) is 14.3. The number of hydrogen-bond acceptors (Lipinski definition) is 4. The Morgan fingerprint density at radius 1 is 1.45 bits per heavy atom. The Bertz CT molecular complexity index is 448. The molecule has 1 saturated heterocycles. The van der Waals surface area contributed by atoms with E-state index in [0.29, 0.717) is 13.2 Å². The molecule has 1 aliphatic rings. The largest absolute Gasteiger partial charge is 0.373 e. The van der Waals surface area contributed by atoms with Crippen LogP contribution < -0.4 is 11.3 Å². The van der Waals surface area contributed by atoms with Crippen molar-refractivity contribution < 1.29 is 9.53 Å². The second-order valence-corrected chi connectivity index (χ2v) is 5.82. The van der Waals surface area contributed by atoms with Crippen molar-refractivity contribution in [2.75, 3.05) is 26.2 Å². The molecule has 1 aromatic carbocycles. The lowest BCUT2D eigenvalue weighted by Crippen LogP contribution is -2.51. The molecule has 1 aromatic rings. The van der Waals surface area contributed by atoms with Crippen LogP contribution in [0.25, 0.3) is 0 Å². The summed E-state index contributed by atoms with van der Waals surface area (Å²) in [7, 11) is 0. The van der Waals surface area contributed by atoms with Gasteiger partial charge in [-0.05, 0) is 19.4 Å². The number of nitrogens with one attached hydrogen (secondary N) is 1. The van der Waals surface area contributed by atoms with Crippen LogP contribution in [0.15, 0.2) is 30.3 Å². The van der Waals surface area contributed by atoms with Crippen LogP contribution in [-0.4, -0.2) is 42.6 Å². The molecule has 3 N–H and O–H groups in total. The van der Waals surface area contributed by atoms with Gasteiger partial charge in [-0.1, -0.05) is 30.3 Å². The van der Waals surface area contributed by atoms with Crippen LogP contribution in [0.1, 0.15) is 25.3 Å². The fraction of sp³-hybridized carbons (Fsp3) is 0.533. The van der Waals surface area contributed by atoms with E-state index in [-0.39, 0.29) is 17.4 Å². The maximum Gasteiger partial charge on any atom is 0.242 e. The van der Waals surface area contributed by atoms with E-state index in [1.165, 1.54) is 0 Å². The molecule has 110 valence electrons. The average Bonchev–Trinajstić information content (AvgIpc) is 2.44. The molecule has 5 heteroatoms. The Balaban J connectivity index is 2.11. The van der Waals surface area contributed by atoms with E-state index in [2.05, 4.69) is 24.2 Å². The lowest BCUT2D eigenvalue weighted by molar-refractivity contribution is -0.125. The van der Waals surface area contributed by atoms with Crippen molar-refractivity contribution in [1.82, 2.24) is 10.3 Å². The van der Waals surface area contributed by atoms with Gasteiger partial charge >= 0.3 is 0 Å². The van der Waals surface area contributed by atoms with E-state index in [9.17, 15) is 4.79 Å². The first-order chi connectivity index (χ1) is 9.52. The predicted molar refractivity (Wildman–Crippen MR) is 78.0 cm³/mol. The highest BCUT2D eigenvalue weighted by Gasteiger charge is 2.30. The number of hydrogen-bond donors (Lipinski definition) is 2. The first-order valence-electron chi connectivity index (χ1n) is 6.93. The number of hydrazine groups is 1. The van der Waals surface area contributed by atoms with E-state index in [4.69, 9.17) is 10.6 Å². The van der Waals surface area contributed by atoms with E-state index >= 15 is 0 Å². The highest BCUT2D eigenvalue weighted by Crippen LogP contribution is 2.22. The number of nitrogens with zero attached hydrogens (tertiary/aromatic N) is 1. The Hall–Kier alpha value is -1.43. The average molecular weight is 277 g/mol.